The lowest BCUT2D eigenvalue weighted by molar-refractivity contribution is 0.0965. The minimum absolute atomic E-state index is 0.239. The van der Waals surface area contributed by atoms with Gasteiger partial charge in [-0.1, -0.05) is 11.6 Å². The zero-order valence-corrected chi connectivity index (χ0v) is 9.85. The van der Waals surface area contributed by atoms with E-state index < -0.39 is 11.2 Å². The van der Waals surface area contributed by atoms with E-state index in [1.807, 2.05) is 4.98 Å². The van der Waals surface area contributed by atoms with Crippen molar-refractivity contribution < 1.29 is 4.79 Å². The highest BCUT2D eigenvalue weighted by Crippen LogP contribution is 2.10. The molecule has 0 amide bonds. The molecule has 0 spiro atoms. The van der Waals surface area contributed by atoms with E-state index in [0.29, 0.717) is 10.6 Å². The maximum atomic E-state index is 11.8. The van der Waals surface area contributed by atoms with E-state index in [-0.39, 0.29) is 12.3 Å². The van der Waals surface area contributed by atoms with Crippen LogP contribution in [0.25, 0.3) is 0 Å². The molecule has 0 fully saturated rings. The number of H-pyrrole nitrogens is 1. The molecule has 2 rings (SSSR count). The van der Waals surface area contributed by atoms with E-state index in [0.717, 1.165) is 10.9 Å². The van der Waals surface area contributed by atoms with Crippen molar-refractivity contribution in [2.45, 2.75) is 6.54 Å². The Bertz CT molecular complexity index is 688. The number of Topliss-reactive ketones (excluding diaryl/α,β-unsaturated/α-hetero) is 1. The molecule has 1 N–H and O–H groups in total. The molecule has 0 aliphatic heterocycles. The molecular weight excluding hydrogens is 258 g/mol. The summed E-state index contributed by atoms with van der Waals surface area (Å²) in [5, 5.41) is 4.09. The summed E-state index contributed by atoms with van der Waals surface area (Å²) in [5.74, 6) is -0.298. The summed E-state index contributed by atoms with van der Waals surface area (Å²) in [5.41, 5.74) is -0.903. The molecule has 92 valence electrons. The van der Waals surface area contributed by atoms with E-state index in [9.17, 15) is 14.4 Å². The van der Waals surface area contributed by atoms with Crippen molar-refractivity contribution in [3.8, 4) is 0 Å². The summed E-state index contributed by atoms with van der Waals surface area (Å²) in [6.07, 6.45) is 0.941. The molecule has 0 aliphatic rings. The van der Waals surface area contributed by atoms with Crippen LogP contribution in [-0.4, -0.2) is 20.5 Å². The van der Waals surface area contributed by atoms with Gasteiger partial charge < -0.3 is 0 Å². The van der Waals surface area contributed by atoms with Crippen molar-refractivity contribution in [1.82, 2.24) is 14.8 Å². The second-order valence-electron chi connectivity index (χ2n) is 3.53. The third-order valence-corrected chi connectivity index (χ3v) is 2.49. The van der Waals surface area contributed by atoms with Gasteiger partial charge in [-0.3, -0.25) is 14.6 Å². The number of benzene rings is 1. The summed E-state index contributed by atoms with van der Waals surface area (Å²) in [6.45, 7) is -0.239. The van der Waals surface area contributed by atoms with Gasteiger partial charge >= 0.3 is 5.69 Å². The van der Waals surface area contributed by atoms with Crippen LogP contribution in [0.15, 0.2) is 40.1 Å². The van der Waals surface area contributed by atoms with Crippen molar-refractivity contribution in [2.75, 3.05) is 0 Å². The monoisotopic (exact) mass is 265 g/mol. The Balaban J connectivity index is 2.24. The predicted octanol–water partition coefficient (Wildman–Crippen LogP) is 0.468. The Morgan fingerprint density at radius 3 is 2.56 bits per heavy atom. The first-order chi connectivity index (χ1) is 8.56. The molecule has 0 saturated heterocycles. The minimum Gasteiger partial charge on any atom is -0.292 e. The lowest BCUT2D eigenvalue weighted by Gasteiger charge is -2.02. The summed E-state index contributed by atoms with van der Waals surface area (Å²) in [6, 6.07) is 6.28. The number of nitrogens with zero attached hydrogens (tertiary/aromatic N) is 2. The lowest BCUT2D eigenvalue weighted by atomic mass is 10.1. The molecule has 0 unspecified atom stereocenters. The highest BCUT2D eigenvalue weighted by molar-refractivity contribution is 6.30. The first-order valence-corrected chi connectivity index (χ1v) is 5.39. The highest BCUT2D eigenvalue weighted by atomic mass is 35.5. The number of ketones is 1. The molecule has 7 heteroatoms. The fourth-order valence-electron chi connectivity index (χ4n) is 1.35. The molecular formula is C11H8ClN3O3. The average molecular weight is 266 g/mol. The second kappa shape index (κ2) is 4.97. The number of carbonyl (C=O) groups is 1. The zero-order chi connectivity index (χ0) is 13.1. The van der Waals surface area contributed by atoms with Gasteiger partial charge in [0.15, 0.2) is 5.78 Å². The Kier molecular flexibility index (Phi) is 3.38. The van der Waals surface area contributed by atoms with Crippen LogP contribution in [0.3, 0.4) is 0 Å². The standard InChI is InChI=1S/C11H8ClN3O3/c12-8-3-1-7(2-4-8)9(16)6-15-11(18)14-10(17)5-13-15/h1-5H,6H2,(H,14,17,18). The molecule has 1 aromatic heterocycles. The van der Waals surface area contributed by atoms with Gasteiger partial charge in [-0.2, -0.15) is 5.10 Å². The van der Waals surface area contributed by atoms with Crippen molar-refractivity contribution in [2.24, 2.45) is 0 Å². The van der Waals surface area contributed by atoms with E-state index in [1.165, 1.54) is 0 Å². The Morgan fingerprint density at radius 2 is 1.94 bits per heavy atom. The first kappa shape index (κ1) is 12.3. The largest absolute Gasteiger partial charge is 0.345 e. The normalized spacial score (nSPS) is 10.3. The van der Waals surface area contributed by atoms with Crippen molar-refractivity contribution >= 4 is 17.4 Å². The third kappa shape index (κ3) is 2.72. The van der Waals surface area contributed by atoms with E-state index >= 15 is 0 Å². The van der Waals surface area contributed by atoms with Gasteiger partial charge in [0.05, 0.1) is 0 Å². The number of hydrogen-bond acceptors (Lipinski definition) is 4. The summed E-state index contributed by atoms with van der Waals surface area (Å²) >= 11 is 5.70. The molecule has 1 heterocycles. The molecule has 0 aliphatic carbocycles. The Hall–Kier alpha value is -2.21. The maximum absolute atomic E-state index is 11.8. The van der Waals surface area contributed by atoms with Crippen molar-refractivity contribution in [3.63, 3.8) is 0 Å². The van der Waals surface area contributed by atoms with Gasteiger partial charge in [-0.25, -0.2) is 9.48 Å². The van der Waals surface area contributed by atoms with Gasteiger partial charge in [0.1, 0.15) is 12.7 Å². The van der Waals surface area contributed by atoms with E-state index in [2.05, 4.69) is 5.10 Å². The number of carbonyl (C=O) groups excluding carboxylic acids is 1. The van der Waals surface area contributed by atoms with Crippen LogP contribution in [-0.2, 0) is 6.54 Å². The van der Waals surface area contributed by atoms with Gasteiger partial charge in [-0.05, 0) is 24.3 Å². The smallest absolute Gasteiger partial charge is 0.292 e. The molecule has 0 bridgehead atoms. The topological polar surface area (TPSA) is 84.8 Å². The van der Waals surface area contributed by atoms with Crippen LogP contribution in [0, 0.1) is 0 Å². The third-order valence-electron chi connectivity index (χ3n) is 2.24. The van der Waals surface area contributed by atoms with Crippen LogP contribution in [0.5, 0.6) is 0 Å². The van der Waals surface area contributed by atoms with Crippen LogP contribution in [0.1, 0.15) is 10.4 Å². The number of aromatic nitrogens is 3. The van der Waals surface area contributed by atoms with Crippen LogP contribution < -0.4 is 11.2 Å². The van der Waals surface area contributed by atoms with Crippen LogP contribution in [0.2, 0.25) is 5.02 Å². The van der Waals surface area contributed by atoms with Crippen LogP contribution >= 0.6 is 11.6 Å². The molecule has 6 nitrogen and oxygen atoms in total. The fourth-order valence-corrected chi connectivity index (χ4v) is 1.48. The predicted molar refractivity (Wildman–Crippen MR) is 64.9 cm³/mol. The summed E-state index contributed by atoms with van der Waals surface area (Å²) in [4.78, 5) is 36.0. The number of aromatic amines is 1. The highest BCUT2D eigenvalue weighted by Gasteiger charge is 2.08. The zero-order valence-electron chi connectivity index (χ0n) is 9.09. The molecule has 2 aromatic rings. The van der Waals surface area contributed by atoms with Crippen molar-refractivity contribution in [1.29, 1.82) is 0 Å². The van der Waals surface area contributed by atoms with Gasteiger partial charge in [0, 0.05) is 10.6 Å². The maximum Gasteiger partial charge on any atom is 0.345 e. The second-order valence-corrected chi connectivity index (χ2v) is 3.96. The van der Waals surface area contributed by atoms with E-state index in [4.69, 9.17) is 11.6 Å². The SMILES string of the molecule is O=C(Cn1ncc(=O)[nH]c1=O)c1ccc(Cl)cc1. The minimum atomic E-state index is -0.718. The van der Waals surface area contributed by atoms with Crippen molar-refractivity contribution in [3.05, 3.63) is 61.9 Å². The first-order valence-electron chi connectivity index (χ1n) is 5.01. The van der Waals surface area contributed by atoms with E-state index in [1.54, 1.807) is 24.3 Å². The fraction of sp³-hybridized carbons (Fsp3) is 0.0909. The number of rotatable bonds is 3. The van der Waals surface area contributed by atoms with Gasteiger partial charge in [0.25, 0.3) is 5.56 Å². The number of nitrogens with one attached hydrogen (secondary N) is 1. The molecule has 18 heavy (non-hydrogen) atoms. The summed E-state index contributed by atoms with van der Waals surface area (Å²) in [7, 11) is 0. The Labute approximate surface area is 106 Å². The molecule has 0 radical (unpaired) electrons. The van der Waals surface area contributed by atoms with Gasteiger partial charge in [-0.15, -0.1) is 0 Å². The average Bonchev–Trinajstić information content (AvgIpc) is 2.33. The quantitative estimate of drug-likeness (QED) is 0.818. The molecule has 1 aromatic carbocycles. The Morgan fingerprint density at radius 1 is 1.28 bits per heavy atom. The summed E-state index contributed by atoms with van der Waals surface area (Å²) < 4.78 is 0.887. The van der Waals surface area contributed by atoms with Gasteiger partial charge in [0.2, 0.25) is 0 Å². The number of halogens is 1. The lowest BCUT2D eigenvalue weighted by Crippen LogP contribution is -2.33. The van der Waals surface area contributed by atoms with Crippen LogP contribution in [0.4, 0.5) is 0 Å². The molecule has 0 atom stereocenters. The number of hydrogen-bond donors (Lipinski definition) is 1. The molecule has 0 saturated carbocycles.